The molecule has 3 aromatic carbocycles. The van der Waals surface area contributed by atoms with E-state index in [0.717, 1.165) is 21.9 Å². The molecule has 1 heterocycles. The first kappa shape index (κ1) is 17.4. The maximum absolute atomic E-state index is 12.2. The Labute approximate surface area is 162 Å². The van der Waals surface area contributed by atoms with Crippen LogP contribution in [-0.4, -0.2) is 22.3 Å². The molecular weight excluding hydrogens is 348 g/mol. The van der Waals surface area contributed by atoms with Crippen LogP contribution in [0.15, 0.2) is 90.0 Å². The molecule has 0 aliphatic carbocycles. The molecule has 0 aliphatic heterocycles. The number of hydrogen-bond donors (Lipinski definition) is 2. The zero-order valence-corrected chi connectivity index (χ0v) is 15.0. The van der Waals surface area contributed by atoms with Crippen LogP contribution in [0.4, 0.5) is 0 Å². The van der Waals surface area contributed by atoms with Crippen LogP contribution in [0.3, 0.4) is 0 Å². The van der Waals surface area contributed by atoms with Crippen LogP contribution in [0.5, 0.6) is 0 Å². The average molecular weight is 366 g/mol. The molecule has 0 bridgehead atoms. The summed E-state index contributed by atoms with van der Waals surface area (Å²) < 4.78 is 0. The quantitative estimate of drug-likeness (QED) is 0.398. The van der Waals surface area contributed by atoms with Crippen LogP contribution in [0, 0.1) is 0 Å². The van der Waals surface area contributed by atoms with Gasteiger partial charge < -0.3 is 0 Å². The molecule has 0 spiro atoms. The van der Waals surface area contributed by atoms with Crippen molar-refractivity contribution in [2.75, 3.05) is 0 Å². The van der Waals surface area contributed by atoms with Gasteiger partial charge in [0.25, 0.3) is 5.91 Å². The lowest BCUT2D eigenvalue weighted by atomic mass is 10.1. The Morgan fingerprint density at radius 1 is 0.929 bits per heavy atom. The van der Waals surface area contributed by atoms with Gasteiger partial charge in [0, 0.05) is 11.8 Å². The molecule has 2 N–H and O–H groups in total. The molecule has 136 valence electrons. The maximum atomic E-state index is 12.2. The molecule has 0 saturated heterocycles. The fourth-order valence-corrected chi connectivity index (χ4v) is 2.85. The summed E-state index contributed by atoms with van der Waals surface area (Å²) in [6, 6.07) is 25.8. The molecule has 28 heavy (non-hydrogen) atoms. The molecule has 1 aromatic heterocycles. The van der Waals surface area contributed by atoms with Crippen molar-refractivity contribution >= 4 is 29.0 Å². The van der Waals surface area contributed by atoms with Gasteiger partial charge in [0.1, 0.15) is 5.69 Å². The summed E-state index contributed by atoms with van der Waals surface area (Å²) in [5, 5.41) is 13.2. The lowest BCUT2D eigenvalue weighted by molar-refractivity contribution is 0.0950. The summed E-state index contributed by atoms with van der Waals surface area (Å²) in [5.41, 5.74) is 5.56. The number of nitrogens with one attached hydrogen (secondary N) is 2. The highest BCUT2D eigenvalue weighted by atomic mass is 16.2. The number of nitrogens with zero attached hydrogens (tertiary/aromatic N) is 2. The van der Waals surface area contributed by atoms with E-state index in [1.165, 1.54) is 6.21 Å². The molecule has 0 radical (unpaired) electrons. The minimum Gasteiger partial charge on any atom is -0.272 e. The number of hydrazone groups is 1. The van der Waals surface area contributed by atoms with E-state index in [0.29, 0.717) is 11.4 Å². The second-order valence-electron chi connectivity index (χ2n) is 6.22. The first-order valence-electron chi connectivity index (χ1n) is 8.89. The topological polar surface area (TPSA) is 70.1 Å². The van der Waals surface area contributed by atoms with E-state index in [-0.39, 0.29) is 5.91 Å². The summed E-state index contributed by atoms with van der Waals surface area (Å²) in [6.07, 6.45) is 5.21. The third-order valence-corrected chi connectivity index (χ3v) is 4.28. The summed E-state index contributed by atoms with van der Waals surface area (Å²) >= 11 is 0. The van der Waals surface area contributed by atoms with Gasteiger partial charge >= 0.3 is 0 Å². The minimum absolute atomic E-state index is 0.344. The zero-order valence-electron chi connectivity index (χ0n) is 15.0. The molecule has 4 rings (SSSR count). The van der Waals surface area contributed by atoms with Crippen molar-refractivity contribution in [3.05, 3.63) is 96.2 Å². The van der Waals surface area contributed by atoms with E-state index in [2.05, 4.69) is 38.9 Å². The number of carbonyl (C=O) groups excluding carboxylic acids is 1. The Bertz CT molecular complexity index is 1160. The number of fused-ring (bicyclic) bond motifs is 1. The van der Waals surface area contributed by atoms with Gasteiger partial charge in [0.15, 0.2) is 0 Å². The van der Waals surface area contributed by atoms with Crippen molar-refractivity contribution in [2.45, 2.75) is 0 Å². The fourth-order valence-electron chi connectivity index (χ4n) is 2.85. The van der Waals surface area contributed by atoms with E-state index < -0.39 is 0 Å². The minimum atomic E-state index is -0.344. The standard InChI is InChI=1S/C23H18N4O/c28-23(27-24-14-6-9-17-7-2-1-3-8-17)22-16-21(25-26-22)20-13-12-18-10-4-5-11-19(18)15-20/h1-16H,(H,25,26)(H,27,28)/b9-6+,24-14-. The summed E-state index contributed by atoms with van der Waals surface area (Å²) in [6.45, 7) is 0. The van der Waals surface area contributed by atoms with Crippen molar-refractivity contribution in [2.24, 2.45) is 5.10 Å². The molecule has 0 unspecified atom stereocenters. The number of benzene rings is 3. The van der Waals surface area contributed by atoms with Crippen LogP contribution in [0.25, 0.3) is 28.1 Å². The van der Waals surface area contributed by atoms with Crippen LogP contribution < -0.4 is 5.43 Å². The molecule has 0 aliphatic rings. The Hall–Kier alpha value is -3.99. The lowest BCUT2D eigenvalue weighted by Gasteiger charge is -2.00. The third-order valence-electron chi connectivity index (χ3n) is 4.28. The van der Waals surface area contributed by atoms with Gasteiger partial charge in [-0.3, -0.25) is 9.89 Å². The van der Waals surface area contributed by atoms with Crippen LogP contribution in [-0.2, 0) is 0 Å². The number of aromatic nitrogens is 2. The van der Waals surface area contributed by atoms with Crippen molar-refractivity contribution in [3.63, 3.8) is 0 Å². The van der Waals surface area contributed by atoms with Gasteiger partial charge in [0.05, 0.1) is 5.69 Å². The van der Waals surface area contributed by atoms with E-state index in [1.807, 2.05) is 60.7 Å². The number of hydrogen-bond acceptors (Lipinski definition) is 3. The average Bonchev–Trinajstić information content (AvgIpc) is 3.24. The first-order valence-corrected chi connectivity index (χ1v) is 8.89. The largest absolute Gasteiger partial charge is 0.289 e. The number of amides is 1. The number of carbonyl (C=O) groups is 1. The zero-order chi connectivity index (χ0) is 19.2. The summed E-state index contributed by atoms with van der Waals surface area (Å²) in [5.74, 6) is -0.344. The van der Waals surface area contributed by atoms with Gasteiger partial charge in [-0.1, -0.05) is 72.8 Å². The molecule has 4 aromatic rings. The van der Waals surface area contributed by atoms with Gasteiger partial charge in [-0.2, -0.15) is 10.2 Å². The van der Waals surface area contributed by atoms with Gasteiger partial charge in [-0.15, -0.1) is 0 Å². The van der Waals surface area contributed by atoms with Gasteiger partial charge in [-0.25, -0.2) is 5.43 Å². The number of aromatic amines is 1. The van der Waals surface area contributed by atoms with E-state index in [1.54, 1.807) is 12.1 Å². The van der Waals surface area contributed by atoms with Gasteiger partial charge in [-0.05, 0) is 34.5 Å². The van der Waals surface area contributed by atoms with E-state index >= 15 is 0 Å². The molecule has 0 atom stereocenters. The third kappa shape index (κ3) is 4.04. The summed E-state index contributed by atoms with van der Waals surface area (Å²) in [7, 11) is 0. The van der Waals surface area contributed by atoms with Crippen molar-refractivity contribution in [3.8, 4) is 11.3 Å². The molecular formula is C23H18N4O. The van der Waals surface area contributed by atoms with Crippen LogP contribution in [0.2, 0.25) is 0 Å². The van der Waals surface area contributed by atoms with Crippen molar-refractivity contribution < 1.29 is 4.79 Å². The molecule has 5 heteroatoms. The second kappa shape index (κ2) is 8.14. The predicted molar refractivity (Wildman–Crippen MR) is 113 cm³/mol. The van der Waals surface area contributed by atoms with Crippen LogP contribution in [0.1, 0.15) is 16.1 Å². The summed E-state index contributed by atoms with van der Waals surface area (Å²) in [4.78, 5) is 12.2. The Kier molecular flexibility index (Phi) is 5.06. The highest BCUT2D eigenvalue weighted by molar-refractivity contribution is 5.94. The Balaban J connectivity index is 1.41. The SMILES string of the molecule is O=C(N/N=C\C=C\c1ccccc1)c1cc(-c2ccc3ccccc3c2)n[nH]1. The second-order valence-corrected chi connectivity index (χ2v) is 6.22. The van der Waals surface area contributed by atoms with Gasteiger partial charge in [0.2, 0.25) is 0 Å². The van der Waals surface area contributed by atoms with Crippen molar-refractivity contribution in [1.29, 1.82) is 0 Å². The monoisotopic (exact) mass is 366 g/mol. The fraction of sp³-hybridized carbons (Fsp3) is 0. The first-order chi connectivity index (χ1) is 13.8. The van der Waals surface area contributed by atoms with E-state index in [9.17, 15) is 4.79 Å². The van der Waals surface area contributed by atoms with Crippen LogP contribution >= 0.6 is 0 Å². The maximum Gasteiger partial charge on any atom is 0.289 e. The molecule has 0 saturated carbocycles. The van der Waals surface area contributed by atoms with E-state index in [4.69, 9.17) is 0 Å². The Morgan fingerprint density at radius 3 is 2.57 bits per heavy atom. The highest BCUT2D eigenvalue weighted by Crippen LogP contribution is 2.23. The molecule has 0 fully saturated rings. The number of rotatable bonds is 5. The normalized spacial score (nSPS) is 11.4. The predicted octanol–water partition coefficient (Wildman–Crippen LogP) is 4.66. The molecule has 5 nitrogen and oxygen atoms in total. The Morgan fingerprint density at radius 2 is 1.71 bits per heavy atom. The smallest absolute Gasteiger partial charge is 0.272 e. The van der Waals surface area contributed by atoms with Crippen molar-refractivity contribution in [1.82, 2.24) is 15.6 Å². The number of H-pyrrole nitrogens is 1. The molecule has 1 amide bonds. The highest BCUT2D eigenvalue weighted by Gasteiger charge is 2.10. The lowest BCUT2D eigenvalue weighted by Crippen LogP contribution is -2.17. The number of allylic oxidation sites excluding steroid dienone is 1.